The smallest absolute Gasteiger partial charge is 0.329 e. The third kappa shape index (κ3) is 3.95. The number of nitrogens with one attached hydrogen (secondary N) is 1. The molecule has 138 valence electrons. The second-order valence-corrected chi connectivity index (χ2v) is 7.01. The Hall–Kier alpha value is -2.63. The maximum absolute atomic E-state index is 12.2. The number of carbonyl (C=O) groups is 3. The zero-order chi connectivity index (χ0) is 18.6. The summed E-state index contributed by atoms with van der Waals surface area (Å²) < 4.78 is 0. The van der Waals surface area contributed by atoms with Crippen LogP contribution in [-0.2, 0) is 14.4 Å². The van der Waals surface area contributed by atoms with E-state index in [1.54, 1.807) is 11.0 Å². The predicted molar refractivity (Wildman–Crippen MR) is 98.7 cm³/mol. The molecule has 0 aromatic heterocycles. The molecular weight excluding hydrogens is 332 g/mol. The van der Waals surface area contributed by atoms with E-state index in [9.17, 15) is 19.5 Å². The molecule has 2 aliphatic rings. The average Bonchev–Trinajstić information content (AvgIpc) is 3.07. The Morgan fingerprint density at radius 2 is 1.77 bits per heavy atom. The number of benzene rings is 1. The molecule has 0 atom stereocenters. The van der Waals surface area contributed by atoms with Gasteiger partial charge < -0.3 is 15.3 Å². The monoisotopic (exact) mass is 356 g/mol. The number of carboxylic acid groups (broad SMARTS) is 1. The molecule has 1 saturated carbocycles. The van der Waals surface area contributed by atoms with Gasteiger partial charge in [0.2, 0.25) is 11.8 Å². The number of rotatable bonds is 5. The lowest BCUT2D eigenvalue weighted by Gasteiger charge is -2.33. The van der Waals surface area contributed by atoms with Gasteiger partial charge in [-0.05, 0) is 43.0 Å². The van der Waals surface area contributed by atoms with E-state index in [-0.39, 0.29) is 5.91 Å². The van der Waals surface area contributed by atoms with Crippen LogP contribution in [0.15, 0.2) is 30.3 Å². The molecule has 2 fully saturated rings. The van der Waals surface area contributed by atoms with E-state index >= 15 is 0 Å². The predicted octanol–water partition coefficient (Wildman–Crippen LogP) is 2.73. The molecule has 6 nitrogen and oxygen atoms in total. The van der Waals surface area contributed by atoms with Crippen molar-refractivity contribution in [2.45, 2.75) is 50.5 Å². The van der Waals surface area contributed by atoms with E-state index in [0.717, 1.165) is 43.5 Å². The highest BCUT2D eigenvalue weighted by Gasteiger charge is 2.40. The lowest BCUT2D eigenvalue weighted by molar-refractivity contribution is -0.148. The van der Waals surface area contributed by atoms with Crippen molar-refractivity contribution in [3.05, 3.63) is 35.9 Å². The third-order valence-corrected chi connectivity index (χ3v) is 5.18. The van der Waals surface area contributed by atoms with Crippen molar-refractivity contribution < 1.29 is 19.5 Å². The lowest BCUT2D eigenvalue weighted by atomic mass is 9.81. The fourth-order valence-electron chi connectivity index (χ4n) is 3.68. The normalized spacial score (nSPS) is 19.7. The Labute approximate surface area is 152 Å². The standard InChI is InChI=1S/C20H24N2O4/c23-17(21-20(19(25)26)12-2-1-3-13-20)11-8-15-6-9-16(10-7-15)22-14-4-5-18(22)24/h6-11H,1-5,12-14H2,(H,21,23)(H,25,26)/b11-8+. The molecule has 0 radical (unpaired) electrons. The Morgan fingerprint density at radius 3 is 2.35 bits per heavy atom. The molecule has 3 rings (SSSR count). The van der Waals surface area contributed by atoms with Crippen molar-refractivity contribution >= 4 is 29.5 Å². The zero-order valence-corrected chi connectivity index (χ0v) is 14.7. The number of aliphatic carboxylic acids is 1. The van der Waals surface area contributed by atoms with Gasteiger partial charge in [0.15, 0.2) is 0 Å². The molecule has 1 aromatic rings. The minimum Gasteiger partial charge on any atom is -0.480 e. The quantitative estimate of drug-likeness (QED) is 0.794. The van der Waals surface area contributed by atoms with Gasteiger partial charge in [-0.3, -0.25) is 9.59 Å². The van der Waals surface area contributed by atoms with Crippen molar-refractivity contribution in [2.24, 2.45) is 0 Å². The summed E-state index contributed by atoms with van der Waals surface area (Å²) in [5.41, 5.74) is 0.546. The second-order valence-electron chi connectivity index (χ2n) is 7.01. The fourth-order valence-corrected chi connectivity index (χ4v) is 3.68. The average molecular weight is 356 g/mol. The van der Waals surface area contributed by atoms with Gasteiger partial charge >= 0.3 is 5.97 Å². The van der Waals surface area contributed by atoms with Gasteiger partial charge in [-0.15, -0.1) is 0 Å². The Bertz CT molecular complexity index is 718. The summed E-state index contributed by atoms with van der Waals surface area (Å²) in [5.74, 6) is -1.22. The van der Waals surface area contributed by atoms with Crippen LogP contribution in [0.25, 0.3) is 6.08 Å². The highest BCUT2D eigenvalue weighted by Crippen LogP contribution is 2.28. The number of carboxylic acids is 1. The molecule has 1 saturated heterocycles. The fraction of sp³-hybridized carbons (Fsp3) is 0.450. The van der Waals surface area contributed by atoms with Crippen molar-refractivity contribution in [2.75, 3.05) is 11.4 Å². The largest absolute Gasteiger partial charge is 0.480 e. The lowest BCUT2D eigenvalue weighted by Crippen LogP contribution is -2.55. The van der Waals surface area contributed by atoms with Gasteiger partial charge in [-0.25, -0.2) is 4.79 Å². The molecule has 6 heteroatoms. The molecule has 0 bridgehead atoms. The maximum Gasteiger partial charge on any atom is 0.329 e. The van der Waals surface area contributed by atoms with Crippen LogP contribution in [0.2, 0.25) is 0 Å². The van der Waals surface area contributed by atoms with Crippen LogP contribution in [0.4, 0.5) is 5.69 Å². The van der Waals surface area contributed by atoms with Crippen LogP contribution in [0.3, 0.4) is 0 Å². The number of nitrogens with zero attached hydrogens (tertiary/aromatic N) is 1. The third-order valence-electron chi connectivity index (χ3n) is 5.18. The number of amides is 2. The Balaban J connectivity index is 1.62. The number of anilines is 1. The summed E-state index contributed by atoms with van der Waals surface area (Å²) >= 11 is 0. The van der Waals surface area contributed by atoms with Crippen LogP contribution >= 0.6 is 0 Å². The minimum atomic E-state index is -1.14. The SMILES string of the molecule is O=C(/C=C/c1ccc(N2CCCC2=O)cc1)NC1(C(=O)O)CCCCC1. The first-order valence-corrected chi connectivity index (χ1v) is 9.14. The molecule has 1 aromatic carbocycles. The molecule has 1 aliphatic carbocycles. The molecule has 0 spiro atoms. The highest BCUT2D eigenvalue weighted by molar-refractivity contribution is 5.97. The summed E-state index contributed by atoms with van der Waals surface area (Å²) in [6.45, 7) is 0.744. The summed E-state index contributed by atoms with van der Waals surface area (Å²) in [5, 5.41) is 12.2. The van der Waals surface area contributed by atoms with Gasteiger partial charge in [0, 0.05) is 24.7 Å². The van der Waals surface area contributed by atoms with E-state index in [0.29, 0.717) is 19.3 Å². The van der Waals surface area contributed by atoms with Gasteiger partial charge in [0.25, 0.3) is 0 Å². The van der Waals surface area contributed by atoms with E-state index in [1.807, 2.05) is 24.3 Å². The van der Waals surface area contributed by atoms with Gasteiger partial charge in [-0.1, -0.05) is 31.4 Å². The first kappa shape index (κ1) is 18.2. The Kier molecular flexibility index (Phi) is 5.40. The summed E-state index contributed by atoms with van der Waals surface area (Å²) in [7, 11) is 0. The minimum absolute atomic E-state index is 0.138. The summed E-state index contributed by atoms with van der Waals surface area (Å²) in [4.78, 5) is 37.3. The van der Waals surface area contributed by atoms with Crippen LogP contribution in [-0.4, -0.2) is 35.0 Å². The second kappa shape index (κ2) is 7.72. The zero-order valence-electron chi connectivity index (χ0n) is 14.7. The first-order valence-electron chi connectivity index (χ1n) is 9.14. The van der Waals surface area contributed by atoms with Crippen LogP contribution in [0, 0.1) is 0 Å². The molecule has 1 aliphatic heterocycles. The molecule has 2 amide bonds. The van der Waals surface area contributed by atoms with E-state index in [4.69, 9.17) is 0 Å². The number of hydrogen-bond donors (Lipinski definition) is 2. The molecular formula is C20H24N2O4. The molecule has 2 N–H and O–H groups in total. The topological polar surface area (TPSA) is 86.7 Å². The first-order chi connectivity index (χ1) is 12.5. The van der Waals surface area contributed by atoms with Crippen molar-refractivity contribution in [3.63, 3.8) is 0 Å². The van der Waals surface area contributed by atoms with Gasteiger partial charge in [0.05, 0.1) is 0 Å². The van der Waals surface area contributed by atoms with Gasteiger partial charge in [-0.2, -0.15) is 0 Å². The van der Waals surface area contributed by atoms with Crippen LogP contribution in [0.5, 0.6) is 0 Å². The van der Waals surface area contributed by atoms with Crippen LogP contribution in [0.1, 0.15) is 50.5 Å². The van der Waals surface area contributed by atoms with E-state index in [1.165, 1.54) is 6.08 Å². The number of hydrogen-bond acceptors (Lipinski definition) is 3. The highest BCUT2D eigenvalue weighted by atomic mass is 16.4. The van der Waals surface area contributed by atoms with Gasteiger partial charge in [0.1, 0.15) is 5.54 Å². The van der Waals surface area contributed by atoms with E-state index < -0.39 is 17.4 Å². The van der Waals surface area contributed by atoms with Crippen LogP contribution < -0.4 is 10.2 Å². The Morgan fingerprint density at radius 1 is 1.08 bits per heavy atom. The number of carbonyl (C=O) groups excluding carboxylic acids is 2. The van der Waals surface area contributed by atoms with E-state index in [2.05, 4.69) is 5.32 Å². The van der Waals surface area contributed by atoms with Crippen molar-refractivity contribution in [3.8, 4) is 0 Å². The molecule has 26 heavy (non-hydrogen) atoms. The molecule has 1 heterocycles. The summed E-state index contributed by atoms with van der Waals surface area (Å²) in [6.07, 6.45) is 8.07. The van der Waals surface area contributed by atoms with Crippen molar-refractivity contribution in [1.29, 1.82) is 0 Å². The van der Waals surface area contributed by atoms with Crippen molar-refractivity contribution in [1.82, 2.24) is 5.32 Å². The maximum atomic E-state index is 12.2. The molecule has 0 unspecified atom stereocenters. The summed E-state index contributed by atoms with van der Waals surface area (Å²) in [6, 6.07) is 7.41.